The predicted molar refractivity (Wildman–Crippen MR) is 68.5 cm³/mol. The molecule has 0 saturated heterocycles. The van der Waals surface area contributed by atoms with Gasteiger partial charge in [0.05, 0.1) is 5.41 Å². The van der Waals surface area contributed by atoms with Gasteiger partial charge in [-0.2, -0.15) is 0 Å². The van der Waals surface area contributed by atoms with E-state index in [1.165, 1.54) is 32.1 Å². The molecule has 0 atom stereocenters. The average molecular weight is 226 g/mol. The smallest absolute Gasteiger partial charge is 0.309 e. The molecule has 0 unspecified atom stereocenters. The number of carboxylic acids is 1. The fraction of sp³-hybridized carbons (Fsp3) is 0.786. The van der Waals surface area contributed by atoms with Crippen LogP contribution in [-0.4, -0.2) is 11.1 Å². The summed E-state index contributed by atoms with van der Waals surface area (Å²) in [5, 5.41) is 8.91. The molecule has 0 heterocycles. The van der Waals surface area contributed by atoms with E-state index in [2.05, 4.69) is 13.0 Å². The van der Waals surface area contributed by atoms with Crippen molar-refractivity contribution in [3.05, 3.63) is 12.2 Å². The van der Waals surface area contributed by atoms with Crippen LogP contribution in [0.2, 0.25) is 0 Å². The number of allylic oxidation sites excluding steroid dienone is 2. The zero-order valence-corrected chi connectivity index (χ0v) is 11.0. The number of hydrogen-bond donors (Lipinski definition) is 1. The third-order valence-corrected chi connectivity index (χ3v) is 2.85. The highest BCUT2D eigenvalue weighted by Crippen LogP contribution is 2.21. The lowest BCUT2D eigenvalue weighted by atomic mass is 9.89. The van der Waals surface area contributed by atoms with Crippen molar-refractivity contribution < 1.29 is 9.90 Å². The monoisotopic (exact) mass is 226 g/mol. The van der Waals surface area contributed by atoms with Gasteiger partial charge in [0.2, 0.25) is 0 Å². The fourth-order valence-electron chi connectivity index (χ4n) is 1.45. The van der Waals surface area contributed by atoms with Crippen LogP contribution < -0.4 is 0 Å². The summed E-state index contributed by atoms with van der Waals surface area (Å²) >= 11 is 0. The molecule has 0 aromatic rings. The molecule has 94 valence electrons. The summed E-state index contributed by atoms with van der Waals surface area (Å²) in [6.45, 7) is 5.75. The molecule has 0 rings (SSSR count). The van der Waals surface area contributed by atoms with Crippen molar-refractivity contribution in [2.45, 2.75) is 65.7 Å². The molecule has 0 spiro atoms. The van der Waals surface area contributed by atoms with E-state index in [0.29, 0.717) is 6.42 Å². The van der Waals surface area contributed by atoms with E-state index in [-0.39, 0.29) is 0 Å². The molecular formula is C14H26O2. The van der Waals surface area contributed by atoms with Gasteiger partial charge in [0, 0.05) is 0 Å². The van der Waals surface area contributed by atoms with Crippen molar-refractivity contribution in [2.75, 3.05) is 0 Å². The molecule has 16 heavy (non-hydrogen) atoms. The van der Waals surface area contributed by atoms with Crippen LogP contribution in [0.5, 0.6) is 0 Å². The molecule has 0 saturated carbocycles. The molecule has 0 aliphatic heterocycles. The normalized spacial score (nSPS) is 12.2. The largest absolute Gasteiger partial charge is 0.481 e. The van der Waals surface area contributed by atoms with Crippen molar-refractivity contribution >= 4 is 5.97 Å². The Morgan fingerprint density at radius 2 is 1.75 bits per heavy atom. The third kappa shape index (κ3) is 7.49. The Morgan fingerprint density at radius 3 is 2.31 bits per heavy atom. The molecule has 0 aromatic carbocycles. The molecule has 0 fully saturated rings. The van der Waals surface area contributed by atoms with Crippen LogP contribution >= 0.6 is 0 Å². The standard InChI is InChI=1S/C14H26O2/c1-4-5-6-7-8-9-10-11-12-14(2,3)13(15)16/h10-11H,4-9,12H2,1-3H3,(H,15,16)/b11-10+. The van der Waals surface area contributed by atoms with Gasteiger partial charge in [-0.1, -0.05) is 44.8 Å². The Hall–Kier alpha value is -0.790. The van der Waals surface area contributed by atoms with Crippen LogP contribution in [0.4, 0.5) is 0 Å². The van der Waals surface area contributed by atoms with Gasteiger partial charge in [0.1, 0.15) is 0 Å². The molecular weight excluding hydrogens is 200 g/mol. The van der Waals surface area contributed by atoms with Gasteiger partial charge in [-0.15, -0.1) is 0 Å². The van der Waals surface area contributed by atoms with E-state index in [9.17, 15) is 4.79 Å². The molecule has 0 aliphatic rings. The lowest BCUT2D eigenvalue weighted by molar-refractivity contribution is -0.146. The first-order valence-corrected chi connectivity index (χ1v) is 6.39. The number of aliphatic carboxylic acids is 1. The predicted octanol–water partition coefficient (Wildman–Crippen LogP) is 4.40. The highest BCUT2D eigenvalue weighted by atomic mass is 16.4. The summed E-state index contributed by atoms with van der Waals surface area (Å²) in [7, 11) is 0. The Labute approximate surface area is 99.7 Å². The van der Waals surface area contributed by atoms with Gasteiger partial charge in [-0.25, -0.2) is 0 Å². The maximum atomic E-state index is 10.8. The molecule has 0 aliphatic carbocycles. The van der Waals surface area contributed by atoms with Gasteiger partial charge in [0.25, 0.3) is 0 Å². The molecule has 1 N–H and O–H groups in total. The third-order valence-electron chi connectivity index (χ3n) is 2.85. The summed E-state index contributed by atoms with van der Waals surface area (Å²) in [6, 6.07) is 0. The maximum absolute atomic E-state index is 10.8. The molecule has 2 nitrogen and oxygen atoms in total. The summed E-state index contributed by atoms with van der Waals surface area (Å²) in [5.74, 6) is -0.722. The Morgan fingerprint density at radius 1 is 1.12 bits per heavy atom. The number of rotatable bonds is 9. The van der Waals surface area contributed by atoms with Crippen molar-refractivity contribution in [1.82, 2.24) is 0 Å². The Kier molecular flexibility index (Phi) is 7.96. The van der Waals surface area contributed by atoms with Crippen molar-refractivity contribution in [2.24, 2.45) is 5.41 Å². The Balaban J connectivity index is 3.51. The molecule has 0 bridgehead atoms. The van der Waals surface area contributed by atoms with E-state index < -0.39 is 11.4 Å². The zero-order valence-electron chi connectivity index (χ0n) is 11.0. The van der Waals surface area contributed by atoms with Crippen LogP contribution in [0.1, 0.15) is 65.7 Å². The number of hydrogen-bond acceptors (Lipinski definition) is 1. The van der Waals surface area contributed by atoms with Gasteiger partial charge in [-0.3, -0.25) is 4.79 Å². The first-order chi connectivity index (χ1) is 7.50. The number of carbonyl (C=O) groups is 1. The van der Waals surface area contributed by atoms with Crippen LogP contribution in [0, 0.1) is 5.41 Å². The minimum absolute atomic E-state index is 0.622. The minimum Gasteiger partial charge on any atom is -0.481 e. The first kappa shape index (κ1) is 15.2. The zero-order chi connectivity index (χ0) is 12.4. The summed E-state index contributed by atoms with van der Waals surface area (Å²) in [5.41, 5.74) is -0.626. The van der Waals surface area contributed by atoms with Crippen LogP contribution in [0.25, 0.3) is 0 Å². The van der Waals surface area contributed by atoms with E-state index in [4.69, 9.17) is 5.11 Å². The SMILES string of the molecule is CCCCCCC/C=C/CC(C)(C)C(=O)O. The second-order valence-electron chi connectivity index (χ2n) is 5.07. The number of unbranched alkanes of at least 4 members (excludes halogenated alkanes) is 5. The van der Waals surface area contributed by atoms with E-state index in [0.717, 1.165) is 6.42 Å². The van der Waals surface area contributed by atoms with Gasteiger partial charge >= 0.3 is 5.97 Å². The molecule has 0 aromatic heterocycles. The quantitative estimate of drug-likeness (QED) is 0.467. The van der Waals surface area contributed by atoms with E-state index in [1.807, 2.05) is 6.08 Å². The summed E-state index contributed by atoms with van der Waals surface area (Å²) in [4.78, 5) is 10.8. The maximum Gasteiger partial charge on any atom is 0.309 e. The van der Waals surface area contributed by atoms with Crippen molar-refractivity contribution in [1.29, 1.82) is 0 Å². The summed E-state index contributed by atoms with van der Waals surface area (Å²) in [6.07, 6.45) is 12.3. The van der Waals surface area contributed by atoms with Gasteiger partial charge < -0.3 is 5.11 Å². The Bertz CT molecular complexity index is 217. The molecule has 2 heteroatoms. The molecule has 0 amide bonds. The summed E-state index contributed by atoms with van der Waals surface area (Å²) < 4.78 is 0. The van der Waals surface area contributed by atoms with Crippen LogP contribution in [0.15, 0.2) is 12.2 Å². The van der Waals surface area contributed by atoms with E-state index in [1.54, 1.807) is 13.8 Å². The minimum atomic E-state index is -0.722. The van der Waals surface area contributed by atoms with E-state index >= 15 is 0 Å². The topological polar surface area (TPSA) is 37.3 Å². The van der Waals surface area contributed by atoms with Crippen LogP contribution in [0.3, 0.4) is 0 Å². The van der Waals surface area contributed by atoms with Gasteiger partial charge in [-0.05, 0) is 33.1 Å². The molecule has 0 radical (unpaired) electrons. The highest BCUT2D eigenvalue weighted by Gasteiger charge is 2.24. The fourth-order valence-corrected chi connectivity index (χ4v) is 1.45. The number of carboxylic acid groups (broad SMARTS) is 1. The van der Waals surface area contributed by atoms with Gasteiger partial charge in [0.15, 0.2) is 0 Å². The second-order valence-corrected chi connectivity index (χ2v) is 5.07. The van der Waals surface area contributed by atoms with Crippen molar-refractivity contribution in [3.8, 4) is 0 Å². The lowest BCUT2D eigenvalue weighted by Crippen LogP contribution is -2.22. The first-order valence-electron chi connectivity index (χ1n) is 6.39. The van der Waals surface area contributed by atoms with Crippen LogP contribution in [-0.2, 0) is 4.79 Å². The highest BCUT2D eigenvalue weighted by molar-refractivity contribution is 5.73. The van der Waals surface area contributed by atoms with Crippen molar-refractivity contribution in [3.63, 3.8) is 0 Å². The second kappa shape index (κ2) is 8.37. The lowest BCUT2D eigenvalue weighted by Gasteiger charge is -2.15. The average Bonchev–Trinajstić information content (AvgIpc) is 2.21.